The van der Waals surface area contributed by atoms with Gasteiger partial charge in [0.05, 0.1) is 39.5 Å². The molecule has 1 fully saturated rings. The highest BCUT2D eigenvalue weighted by atomic mass is 35.5. The number of amides is 1. The van der Waals surface area contributed by atoms with E-state index in [9.17, 15) is 4.79 Å². The molecule has 1 saturated heterocycles. The summed E-state index contributed by atoms with van der Waals surface area (Å²) in [6.45, 7) is 1.72. The second-order valence-electron chi connectivity index (χ2n) is 7.56. The van der Waals surface area contributed by atoms with Gasteiger partial charge in [0.2, 0.25) is 11.5 Å². The van der Waals surface area contributed by atoms with E-state index in [0.717, 1.165) is 24.8 Å². The van der Waals surface area contributed by atoms with E-state index in [1.807, 2.05) is 29.2 Å². The van der Waals surface area contributed by atoms with Crippen LogP contribution in [0.5, 0.6) is 28.7 Å². The highest BCUT2D eigenvalue weighted by Gasteiger charge is 2.34. The molecule has 0 saturated carbocycles. The van der Waals surface area contributed by atoms with Crippen molar-refractivity contribution in [3.8, 4) is 28.7 Å². The SMILES string of the molecule is COC[C@@H]1CCCN1C(=O)c1cc(Oc2ccc(CCN)cc2)c(OC)c(OC)c1OC.Cl. The highest BCUT2D eigenvalue weighted by Crippen LogP contribution is 2.48. The number of benzene rings is 2. The molecule has 0 unspecified atom stereocenters. The van der Waals surface area contributed by atoms with Crippen LogP contribution in [0.3, 0.4) is 0 Å². The quantitative estimate of drug-likeness (QED) is 0.554. The fourth-order valence-corrected chi connectivity index (χ4v) is 4.06. The normalized spacial score (nSPS) is 15.1. The Bertz CT molecular complexity index is 922. The number of methoxy groups -OCH3 is 4. The van der Waals surface area contributed by atoms with E-state index in [2.05, 4.69) is 0 Å². The van der Waals surface area contributed by atoms with Crippen molar-refractivity contribution in [2.45, 2.75) is 25.3 Å². The summed E-state index contributed by atoms with van der Waals surface area (Å²) >= 11 is 0. The lowest BCUT2D eigenvalue weighted by atomic mass is 10.1. The highest BCUT2D eigenvalue weighted by molar-refractivity contribution is 5.99. The van der Waals surface area contributed by atoms with Gasteiger partial charge in [0, 0.05) is 19.7 Å². The number of likely N-dealkylation sites (tertiary alicyclic amines) is 1. The van der Waals surface area contributed by atoms with E-state index < -0.39 is 0 Å². The molecule has 0 aromatic heterocycles. The second kappa shape index (κ2) is 12.5. The molecule has 0 radical (unpaired) electrons. The molecule has 1 amide bonds. The van der Waals surface area contributed by atoms with E-state index >= 15 is 0 Å². The van der Waals surface area contributed by atoms with Crippen molar-refractivity contribution in [2.75, 3.05) is 48.1 Å². The lowest BCUT2D eigenvalue weighted by molar-refractivity contribution is 0.0626. The number of carbonyl (C=O) groups excluding carboxylic acids is 1. The average molecular weight is 481 g/mol. The smallest absolute Gasteiger partial charge is 0.258 e. The molecule has 2 N–H and O–H groups in total. The molecule has 1 atom stereocenters. The molecule has 0 spiro atoms. The van der Waals surface area contributed by atoms with E-state index in [4.69, 9.17) is 29.4 Å². The van der Waals surface area contributed by atoms with Crippen LogP contribution in [-0.2, 0) is 11.2 Å². The molecule has 1 aliphatic rings. The summed E-state index contributed by atoms with van der Waals surface area (Å²) in [7, 11) is 6.17. The van der Waals surface area contributed by atoms with Gasteiger partial charge < -0.3 is 34.3 Å². The first-order chi connectivity index (χ1) is 15.6. The molecule has 2 aromatic rings. The van der Waals surface area contributed by atoms with E-state index in [1.54, 1.807) is 13.2 Å². The maximum atomic E-state index is 13.5. The van der Waals surface area contributed by atoms with Crippen LogP contribution >= 0.6 is 12.4 Å². The first-order valence-electron chi connectivity index (χ1n) is 10.7. The van der Waals surface area contributed by atoms with Gasteiger partial charge in [-0.05, 0) is 43.5 Å². The van der Waals surface area contributed by atoms with Crippen LogP contribution in [-0.4, -0.2) is 65.0 Å². The van der Waals surface area contributed by atoms with E-state index in [-0.39, 0.29) is 24.4 Å². The molecule has 9 heteroatoms. The van der Waals surface area contributed by atoms with Crippen LogP contribution in [0.2, 0.25) is 0 Å². The molecule has 0 aliphatic carbocycles. The summed E-state index contributed by atoms with van der Waals surface area (Å²) in [4.78, 5) is 15.3. The van der Waals surface area contributed by atoms with Crippen LogP contribution in [0.4, 0.5) is 0 Å². The van der Waals surface area contributed by atoms with Gasteiger partial charge in [0.25, 0.3) is 5.91 Å². The fourth-order valence-electron chi connectivity index (χ4n) is 4.06. The van der Waals surface area contributed by atoms with Crippen molar-refractivity contribution < 1.29 is 28.5 Å². The maximum Gasteiger partial charge on any atom is 0.258 e. The zero-order valence-electron chi connectivity index (χ0n) is 19.6. The van der Waals surface area contributed by atoms with Gasteiger partial charge in [0.1, 0.15) is 5.75 Å². The number of nitrogens with zero attached hydrogens (tertiary/aromatic N) is 1. The summed E-state index contributed by atoms with van der Waals surface area (Å²) in [6, 6.07) is 9.31. The Labute approximate surface area is 201 Å². The topological polar surface area (TPSA) is 92.5 Å². The zero-order valence-corrected chi connectivity index (χ0v) is 20.4. The lowest BCUT2D eigenvalue weighted by Crippen LogP contribution is -2.38. The minimum Gasteiger partial charge on any atom is -0.492 e. The minimum absolute atomic E-state index is 0. The second-order valence-corrected chi connectivity index (χ2v) is 7.56. The molecule has 3 rings (SSSR count). The third-order valence-corrected chi connectivity index (χ3v) is 5.58. The molecule has 1 heterocycles. The minimum atomic E-state index is -0.162. The summed E-state index contributed by atoms with van der Waals surface area (Å²) in [5, 5.41) is 0. The standard InChI is InChI=1S/C24H32N2O6.ClH/c1-28-15-17-6-5-13-26(17)24(27)19-14-20(22(30-3)23(31-4)21(19)29-2)32-18-9-7-16(8-10-18)11-12-25;/h7-10,14,17H,5-6,11-13,15,25H2,1-4H3;1H/t17-;/m0./s1. The first-order valence-corrected chi connectivity index (χ1v) is 10.7. The summed E-state index contributed by atoms with van der Waals surface area (Å²) < 4.78 is 28.2. The number of ether oxygens (including phenoxy) is 5. The monoisotopic (exact) mass is 480 g/mol. The summed E-state index contributed by atoms with van der Waals surface area (Å²) in [6.07, 6.45) is 2.61. The molecular formula is C24H33ClN2O6. The van der Waals surface area contributed by atoms with Crippen molar-refractivity contribution in [1.82, 2.24) is 4.90 Å². The number of nitrogens with two attached hydrogens (primary N) is 1. The summed E-state index contributed by atoms with van der Waals surface area (Å²) in [5.41, 5.74) is 7.10. The molecule has 1 aliphatic heterocycles. The number of halogens is 1. The van der Waals surface area contributed by atoms with Crippen LogP contribution in [0.1, 0.15) is 28.8 Å². The van der Waals surface area contributed by atoms with Crippen LogP contribution in [0, 0.1) is 0 Å². The Hall–Kier alpha value is -2.68. The Morgan fingerprint density at radius 2 is 1.70 bits per heavy atom. The van der Waals surface area contributed by atoms with Crippen molar-refractivity contribution in [3.63, 3.8) is 0 Å². The number of rotatable bonds is 10. The van der Waals surface area contributed by atoms with Crippen LogP contribution in [0.25, 0.3) is 0 Å². The third kappa shape index (κ3) is 5.82. The van der Waals surface area contributed by atoms with Gasteiger partial charge in [-0.25, -0.2) is 0 Å². The van der Waals surface area contributed by atoms with E-state index in [1.165, 1.54) is 21.3 Å². The molecular weight excluding hydrogens is 448 g/mol. The van der Waals surface area contributed by atoms with Gasteiger partial charge in [-0.2, -0.15) is 0 Å². The number of carbonyl (C=O) groups is 1. The molecule has 33 heavy (non-hydrogen) atoms. The van der Waals surface area contributed by atoms with Gasteiger partial charge in [-0.1, -0.05) is 12.1 Å². The first kappa shape index (κ1) is 26.6. The van der Waals surface area contributed by atoms with Crippen LogP contribution in [0.15, 0.2) is 30.3 Å². The van der Waals surface area contributed by atoms with Crippen molar-refractivity contribution in [1.29, 1.82) is 0 Å². The Morgan fingerprint density at radius 1 is 1.03 bits per heavy atom. The molecule has 0 bridgehead atoms. The number of hydrogen-bond acceptors (Lipinski definition) is 7. The van der Waals surface area contributed by atoms with Crippen molar-refractivity contribution in [2.24, 2.45) is 5.73 Å². The molecule has 8 nitrogen and oxygen atoms in total. The molecule has 2 aromatic carbocycles. The van der Waals surface area contributed by atoms with Crippen molar-refractivity contribution >= 4 is 18.3 Å². The third-order valence-electron chi connectivity index (χ3n) is 5.58. The van der Waals surface area contributed by atoms with E-state index in [0.29, 0.717) is 54.0 Å². The summed E-state index contributed by atoms with van der Waals surface area (Å²) in [5.74, 6) is 1.77. The van der Waals surface area contributed by atoms with Gasteiger partial charge in [-0.15, -0.1) is 12.4 Å². The van der Waals surface area contributed by atoms with Crippen molar-refractivity contribution in [3.05, 3.63) is 41.5 Å². The molecule has 182 valence electrons. The zero-order chi connectivity index (χ0) is 23.1. The average Bonchev–Trinajstić information content (AvgIpc) is 3.27. The Balaban J connectivity index is 0.00000385. The lowest BCUT2D eigenvalue weighted by Gasteiger charge is -2.26. The Morgan fingerprint density at radius 3 is 2.27 bits per heavy atom. The fraction of sp³-hybridized carbons (Fsp3) is 0.458. The maximum absolute atomic E-state index is 13.5. The number of hydrogen-bond donors (Lipinski definition) is 1. The van der Waals surface area contributed by atoms with Gasteiger partial charge >= 0.3 is 0 Å². The van der Waals surface area contributed by atoms with Crippen LogP contribution < -0.4 is 24.7 Å². The van der Waals surface area contributed by atoms with Gasteiger partial charge in [-0.3, -0.25) is 4.79 Å². The predicted molar refractivity (Wildman–Crippen MR) is 129 cm³/mol. The predicted octanol–water partition coefficient (Wildman–Crippen LogP) is 3.68. The Kier molecular flexibility index (Phi) is 10.1. The van der Waals surface area contributed by atoms with Gasteiger partial charge in [0.15, 0.2) is 11.5 Å². The largest absolute Gasteiger partial charge is 0.492 e.